The van der Waals surface area contributed by atoms with Crippen molar-refractivity contribution in [1.29, 1.82) is 0 Å². The topological polar surface area (TPSA) is 35.5 Å². The molecular formula is C18H33FO3Si. The zero-order chi connectivity index (χ0) is 18.1. The van der Waals surface area contributed by atoms with Gasteiger partial charge in [0.05, 0.1) is 0 Å². The minimum absolute atomic E-state index is 0.00311. The van der Waals surface area contributed by atoms with Gasteiger partial charge < -0.3 is 9.16 Å². The third kappa shape index (κ3) is 5.71. The molecule has 1 rings (SSSR count). The van der Waals surface area contributed by atoms with Gasteiger partial charge in [0.25, 0.3) is 0 Å². The number of esters is 1. The van der Waals surface area contributed by atoms with E-state index in [1.165, 1.54) is 0 Å². The minimum Gasteiger partial charge on any atom is -0.455 e. The Kier molecular flexibility index (Phi) is 6.25. The number of carbonyl (C=O) groups is 1. The van der Waals surface area contributed by atoms with E-state index in [4.69, 9.17) is 9.16 Å². The van der Waals surface area contributed by atoms with Crippen LogP contribution < -0.4 is 0 Å². The van der Waals surface area contributed by atoms with Crippen molar-refractivity contribution >= 4 is 14.3 Å². The van der Waals surface area contributed by atoms with Gasteiger partial charge in [0.1, 0.15) is 5.60 Å². The van der Waals surface area contributed by atoms with E-state index >= 15 is 0 Å². The monoisotopic (exact) mass is 344 g/mol. The third-order valence-electron chi connectivity index (χ3n) is 4.80. The van der Waals surface area contributed by atoms with E-state index in [0.29, 0.717) is 18.6 Å². The lowest BCUT2D eigenvalue weighted by Gasteiger charge is -2.37. The summed E-state index contributed by atoms with van der Waals surface area (Å²) in [5, 5.41) is 0.124. The molecule has 3 nitrogen and oxygen atoms in total. The molecule has 0 aromatic rings. The molecule has 5 heteroatoms. The first-order chi connectivity index (χ1) is 10.2. The maximum absolute atomic E-state index is 14.5. The first kappa shape index (κ1) is 20.4. The summed E-state index contributed by atoms with van der Waals surface area (Å²) in [6, 6.07) is 0. The Morgan fingerprint density at radius 1 is 1.22 bits per heavy atom. The fourth-order valence-corrected chi connectivity index (χ4v) is 3.42. The molecule has 0 aliphatic heterocycles. The second-order valence-corrected chi connectivity index (χ2v) is 13.8. The molecule has 1 saturated carbocycles. The lowest BCUT2D eigenvalue weighted by atomic mass is 10.0. The Morgan fingerprint density at radius 2 is 1.78 bits per heavy atom. The second-order valence-electron chi connectivity index (χ2n) is 9.00. The molecule has 0 N–H and O–H groups in total. The first-order valence-electron chi connectivity index (χ1n) is 8.50. The van der Waals surface area contributed by atoms with Crippen molar-refractivity contribution in [3.63, 3.8) is 0 Å². The highest BCUT2D eigenvalue weighted by Gasteiger charge is 2.39. The lowest BCUT2D eigenvalue weighted by Crippen LogP contribution is -2.42. The van der Waals surface area contributed by atoms with Crippen LogP contribution in [-0.2, 0) is 14.0 Å². The second kappa shape index (κ2) is 7.05. The highest BCUT2D eigenvalue weighted by molar-refractivity contribution is 6.74. The van der Waals surface area contributed by atoms with Gasteiger partial charge in [-0.25, -0.2) is 4.79 Å². The van der Waals surface area contributed by atoms with Gasteiger partial charge in [-0.05, 0) is 63.7 Å². The first-order valence-corrected chi connectivity index (χ1v) is 11.4. The Balaban J connectivity index is 2.81. The predicted octanol–water partition coefficient (Wildman–Crippen LogP) is 5.37. The maximum atomic E-state index is 14.5. The van der Waals surface area contributed by atoms with Gasteiger partial charge >= 0.3 is 5.97 Å². The Hall–Kier alpha value is -0.683. The van der Waals surface area contributed by atoms with Crippen LogP contribution in [0.5, 0.6) is 0 Å². The fraction of sp³-hybridized carbons (Fsp3) is 0.833. The molecule has 0 radical (unpaired) electrons. The van der Waals surface area contributed by atoms with Gasteiger partial charge in [0, 0.05) is 12.5 Å². The highest BCUT2D eigenvalue weighted by atomic mass is 28.4. The van der Waals surface area contributed by atoms with E-state index in [0.717, 1.165) is 12.8 Å². The van der Waals surface area contributed by atoms with Crippen molar-refractivity contribution in [2.75, 3.05) is 6.61 Å². The van der Waals surface area contributed by atoms with Crippen molar-refractivity contribution in [3.05, 3.63) is 11.4 Å². The summed E-state index contributed by atoms with van der Waals surface area (Å²) in [6.45, 7) is 16.7. The summed E-state index contributed by atoms with van der Waals surface area (Å²) in [5.74, 6) is -1.55. The van der Waals surface area contributed by atoms with E-state index in [1.54, 1.807) is 20.8 Å². The zero-order valence-electron chi connectivity index (χ0n) is 16.0. The Morgan fingerprint density at radius 3 is 2.26 bits per heavy atom. The quantitative estimate of drug-likeness (QED) is 0.390. The number of ether oxygens (including phenoxy) is 1. The summed E-state index contributed by atoms with van der Waals surface area (Å²) < 4.78 is 25.9. The van der Waals surface area contributed by atoms with Gasteiger partial charge in [0.2, 0.25) is 5.83 Å². The molecule has 134 valence electrons. The molecule has 0 saturated heterocycles. The standard InChI is InChI=1S/C18H33FO3Si/c1-17(2,3)22-16(20)15(19)14-11-9-10-13(14)12-21-23(7,8)18(4,5)6/h13H,9-12H2,1-8H3/b15-14-. The molecular weight excluding hydrogens is 311 g/mol. The summed E-state index contributed by atoms with van der Waals surface area (Å²) in [5.41, 5.74) is -0.0984. The van der Waals surface area contributed by atoms with Crippen LogP contribution in [0.15, 0.2) is 11.4 Å². The van der Waals surface area contributed by atoms with Crippen molar-refractivity contribution in [3.8, 4) is 0 Å². The normalized spacial score (nSPS) is 22.2. The molecule has 1 aliphatic rings. The van der Waals surface area contributed by atoms with Gasteiger partial charge in [-0.3, -0.25) is 0 Å². The van der Waals surface area contributed by atoms with Crippen molar-refractivity contribution < 1.29 is 18.3 Å². The largest absolute Gasteiger partial charge is 0.455 e. The molecule has 1 fully saturated rings. The minimum atomic E-state index is -1.86. The molecule has 0 heterocycles. The van der Waals surface area contributed by atoms with Crippen molar-refractivity contribution in [1.82, 2.24) is 0 Å². The van der Waals surface area contributed by atoms with Crippen molar-refractivity contribution in [2.24, 2.45) is 5.92 Å². The number of carbonyl (C=O) groups excluding carboxylic acids is 1. The van der Waals surface area contributed by atoms with Crippen LogP contribution in [-0.4, -0.2) is 26.5 Å². The summed E-state index contributed by atoms with van der Waals surface area (Å²) in [6.07, 6.45) is 2.40. The zero-order valence-corrected chi connectivity index (χ0v) is 17.0. The molecule has 0 spiro atoms. The Bertz CT molecular complexity index is 470. The van der Waals surface area contributed by atoms with E-state index in [9.17, 15) is 9.18 Å². The summed E-state index contributed by atoms with van der Waals surface area (Å²) in [4.78, 5) is 12.0. The summed E-state index contributed by atoms with van der Waals surface area (Å²) >= 11 is 0. The van der Waals surface area contributed by atoms with Crippen LogP contribution in [0.3, 0.4) is 0 Å². The van der Waals surface area contributed by atoms with E-state index in [2.05, 4.69) is 33.9 Å². The smallest absolute Gasteiger partial charge is 0.367 e. The summed E-state index contributed by atoms with van der Waals surface area (Å²) in [7, 11) is -1.86. The number of rotatable bonds is 4. The molecule has 0 amide bonds. The number of halogens is 1. The molecule has 0 aromatic carbocycles. The van der Waals surface area contributed by atoms with Crippen LogP contribution in [0.2, 0.25) is 18.1 Å². The van der Waals surface area contributed by atoms with E-state index < -0.39 is 25.7 Å². The average molecular weight is 345 g/mol. The highest BCUT2D eigenvalue weighted by Crippen LogP contribution is 2.40. The average Bonchev–Trinajstić information content (AvgIpc) is 2.80. The van der Waals surface area contributed by atoms with E-state index in [1.807, 2.05) is 0 Å². The molecule has 0 bridgehead atoms. The van der Waals surface area contributed by atoms with Gasteiger partial charge in [-0.1, -0.05) is 20.8 Å². The number of hydrogen-bond donors (Lipinski definition) is 0. The van der Waals surface area contributed by atoms with Gasteiger partial charge in [-0.2, -0.15) is 4.39 Å². The van der Waals surface area contributed by atoms with Crippen LogP contribution in [0.1, 0.15) is 60.8 Å². The number of hydrogen-bond acceptors (Lipinski definition) is 3. The van der Waals surface area contributed by atoms with Crippen molar-refractivity contribution in [2.45, 2.75) is 84.5 Å². The van der Waals surface area contributed by atoms with Gasteiger partial charge in [-0.15, -0.1) is 0 Å². The Labute approximate surface area is 141 Å². The van der Waals surface area contributed by atoms with Crippen LogP contribution in [0.25, 0.3) is 0 Å². The molecule has 1 atom stereocenters. The molecule has 23 heavy (non-hydrogen) atoms. The SMILES string of the molecule is CC(C)(C)OC(=O)/C(F)=C1\CCCC1CO[Si](C)(C)C(C)(C)C. The van der Waals surface area contributed by atoms with Gasteiger partial charge in [0.15, 0.2) is 8.32 Å². The van der Waals surface area contributed by atoms with Crippen LogP contribution in [0.4, 0.5) is 4.39 Å². The molecule has 1 aliphatic carbocycles. The lowest BCUT2D eigenvalue weighted by molar-refractivity contribution is -0.151. The van der Waals surface area contributed by atoms with Crippen LogP contribution in [0, 0.1) is 5.92 Å². The third-order valence-corrected chi connectivity index (χ3v) is 9.30. The fourth-order valence-electron chi connectivity index (χ4n) is 2.37. The van der Waals surface area contributed by atoms with E-state index in [-0.39, 0.29) is 11.0 Å². The molecule has 1 unspecified atom stereocenters. The maximum Gasteiger partial charge on any atom is 0.367 e. The molecule has 0 aromatic heterocycles. The van der Waals surface area contributed by atoms with Crippen LogP contribution >= 0.6 is 0 Å². The predicted molar refractivity (Wildman–Crippen MR) is 94.5 cm³/mol.